The Morgan fingerprint density at radius 3 is 2.83 bits per heavy atom. The number of aromatic nitrogens is 2. The predicted octanol–water partition coefficient (Wildman–Crippen LogP) is 2.15. The molecule has 190 valence electrons. The van der Waals surface area contributed by atoms with Crippen LogP contribution in [-0.4, -0.2) is 55.5 Å². The van der Waals surface area contributed by atoms with E-state index in [4.69, 9.17) is 19.2 Å². The van der Waals surface area contributed by atoms with Crippen LogP contribution >= 0.6 is 0 Å². The minimum Gasteiger partial charge on any atom is -0.497 e. The van der Waals surface area contributed by atoms with E-state index in [1.165, 1.54) is 0 Å². The van der Waals surface area contributed by atoms with Gasteiger partial charge in [0.05, 0.1) is 50.9 Å². The standard InChI is InChI=1S/C26H32N6O4/c1-34-15-4-6-19-17(8-15)26(25(33)29-19)9-18(26)13-3-5-16-20(7-13)31-32-22(16)30-23-24(35-2)27-10-21(28-23)14-11-36-12-14/h4,6,8,10,13-14,16,18,20,22,31-32H,3,5,7,9,11-12H2,1-2H3,(H,28,30)(H,29,33)/t13?,16?,18-,20?,22?,26-/m0/s1. The molecule has 6 atom stereocenters. The van der Waals surface area contributed by atoms with Gasteiger partial charge in [0.2, 0.25) is 5.91 Å². The summed E-state index contributed by atoms with van der Waals surface area (Å²) in [6.45, 7) is 1.38. The molecule has 0 bridgehead atoms. The number of hydrogen-bond acceptors (Lipinski definition) is 9. The third kappa shape index (κ3) is 3.31. The number of fused-ring (bicyclic) bond motifs is 3. The Bertz CT molecular complexity index is 1200. The van der Waals surface area contributed by atoms with Crippen molar-refractivity contribution in [1.29, 1.82) is 0 Å². The van der Waals surface area contributed by atoms with E-state index in [0.717, 1.165) is 48.4 Å². The Morgan fingerprint density at radius 2 is 2.06 bits per heavy atom. The second-order valence-electron chi connectivity index (χ2n) is 10.8. The zero-order valence-corrected chi connectivity index (χ0v) is 20.5. The smallest absolute Gasteiger partial charge is 0.257 e. The molecule has 1 amide bonds. The van der Waals surface area contributed by atoms with Crippen molar-refractivity contribution < 1.29 is 19.0 Å². The van der Waals surface area contributed by atoms with E-state index in [1.807, 2.05) is 18.2 Å². The van der Waals surface area contributed by atoms with Gasteiger partial charge in [-0.1, -0.05) is 0 Å². The first-order chi connectivity index (χ1) is 17.6. The lowest BCUT2D eigenvalue weighted by atomic mass is 9.74. The van der Waals surface area contributed by atoms with Gasteiger partial charge in [0.25, 0.3) is 5.88 Å². The molecule has 1 aromatic carbocycles. The van der Waals surface area contributed by atoms with Gasteiger partial charge in [0, 0.05) is 23.6 Å². The highest BCUT2D eigenvalue weighted by atomic mass is 16.5. The Hall–Kier alpha value is -2.95. The fraction of sp³-hybridized carbons (Fsp3) is 0.577. The molecule has 36 heavy (non-hydrogen) atoms. The first-order valence-corrected chi connectivity index (χ1v) is 12.9. The van der Waals surface area contributed by atoms with E-state index in [1.54, 1.807) is 20.4 Å². The highest BCUT2D eigenvalue weighted by molar-refractivity contribution is 6.09. The number of amides is 1. The molecular weight excluding hydrogens is 460 g/mol. The third-order valence-corrected chi connectivity index (χ3v) is 9.04. The molecule has 2 aromatic rings. The number of nitrogens with one attached hydrogen (secondary N) is 4. The topological polar surface area (TPSA) is 119 Å². The SMILES string of the molecule is COc1ccc2c(c1)[C@]1(C[C@H]1C1CCC3C(C1)NNC3Nc1nc(C3COC3)cnc1OC)C(=O)N2. The molecule has 4 unspecified atom stereocenters. The normalized spacial score (nSPS) is 34.5. The van der Waals surface area contributed by atoms with Gasteiger partial charge in [-0.15, -0.1) is 0 Å². The van der Waals surface area contributed by atoms with Crippen LogP contribution in [0.15, 0.2) is 24.4 Å². The van der Waals surface area contributed by atoms with E-state index < -0.39 is 0 Å². The summed E-state index contributed by atoms with van der Waals surface area (Å²) >= 11 is 0. The molecule has 7 rings (SSSR count). The summed E-state index contributed by atoms with van der Waals surface area (Å²) in [5.74, 6) is 3.69. The summed E-state index contributed by atoms with van der Waals surface area (Å²) in [5.41, 5.74) is 9.56. The predicted molar refractivity (Wildman–Crippen MR) is 132 cm³/mol. The van der Waals surface area contributed by atoms with Crippen molar-refractivity contribution in [3.05, 3.63) is 35.7 Å². The fourth-order valence-corrected chi connectivity index (χ4v) is 6.90. The number of carbonyl (C=O) groups excluding carboxylic acids is 1. The Kier molecular flexibility index (Phi) is 5.13. The van der Waals surface area contributed by atoms with Crippen LogP contribution in [0.4, 0.5) is 11.5 Å². The van der Waals surface area contributed by atoms with E-state index in [-0.39, 0.29) is 17.5 Å². The van der Waals surface area contributed by atoms with Crippen molar-refractivity contribution in [2.24, 2.45) is 17.8 Å². The van der Waals surface area contributed by atoms with E-state index in [9.17, 15) is 4.79 Å². The maximum atomic E-state index is 13.1. The van der Waals surface area contributed by atoms with Crippen molar-refractivity contribution in [2.75, 3.05) is 38.1 Å². The maximum Gasteiger partial charge on any atom is 0.257 e. The summed E-state index contributed by atoms with van der Waals surface area (Å²) in [4.78, 5) is 22.4. The lowest BCUT2D eigenvalue weighted by Crippen LogP contribution is -2.39. The number of benzene rings is 1. The maximum absolute atomic E-state index is 13.1. The molecule has 4 N–H and O–H groups in total. The molecule has 2 aliphatic carbocycles. The summed E-state index contributed by atoms with van der Waals surface area (Å²) < 4.78 is 16.3. The second kappa shape index (κ2) is 8.29. The quantitative estimate of drug-likeness (QED) is 0.481. The van der Waals surface area contributed by atoms with Crippen molar-refractivity contribution in [1.82, 2.24) is 20.8 Å². The van der Waals surface area contributed by atoms with Crippen LogP contribution in [0.2, 0.25) is 0 Å². The summed E-state index contributed by atoms with van der Waals surface area (Å²) in [7, 11) is 3.29. The lowest BCUT2D eigenvalue weighted by Gasteiger charge is -2.34. The van der Waals surface area contributed by atoms with Gasteiger partial charge < -0.3 is 24.8 Å². The van der Waals surface area contributed by atoms with E-state index in [0.29, 0.717) is 54.6 Å². The summed E-state index contributed by atoms with van der Waals surface area (Å²) in [5, 5.41) is 6.67. The average molecular weight is 493 g/mol. The van der Waals surface area contributed by atoms with Crippen molar-refractivity contribution >= 4 is 17.4 Å². The molecule has 2 saturated heterocycles. The van der Waals surface area contributed by atoms with Crippen LogP contribution in [0, 0.1) is 17.8 Å². The van der Waals surface area contributed by atoms with Gasteiger partial charge in [-0.3, -0.25) is 10.2 Å². The molecule has 4 heterocycles. The molecule has 0 radical (unpaired) electrons. The van der Waals surface area contributed by atoms with Gasteiger partial charge >= 0.3 is 0 Å². The van der Waals surface area contributed by atoms with Gasteiger partial charge in [0.1, 0.15) is 5.75 Å². The first kappa shape index (κ1) is 22.3. The van der Waals surface area contributed by atoms with Gasteiger partial charge in [0.15, 0.2) is 5.82 Å². The van der Waals surface area contributed by atoms with Crippen LogP contribution in [-0.2, 0) is 14.9 Å². The first-order valence-electron chi connectivity index (χ1n) is 12.9. The number of nitrogens with zero attached hydrogens (tertiary/aromatic N) is 2. The number of rotatable bonds is 6. The number of anilines is 2. The average Bonchev–Trinajstić information content (AvgIpc) is 3.41. The highest BCUT2D eigenvalue weighted by Crippen LogP contribution is 2.65. The fourth-order valence-electron chi connectivity index (χ4n) is 6.90. The molecule has 10 nitrogen and oxygen atoms in total. The third-order valence-electron chi connectivity index (χ3n) is 9.04. The number of ether oxygens (including phenoxy) is 3. The van der Waals surface area contributed by atoms with E-state index in [2.05, 4.69) is 26.5 Å². The monoisotopic (exact) mass is 492 g/mol. The van der Waals surface area contributed by atoms with Crippen LogP contribution in [0.3, 0.4) is 0 Å². The van der Waals surface area contributed by atoms with Crippen LogP contribution in [0.1, 0.15) is 42.9 Å². The summed E-state index contributed by atoms with van der Waals surface area (Å²) in [6.07, 6.45) is 5.93. The lowest BCUT2D eigenvalue weighted by molar-refractivity contribution is -0.118. The number of hydrogen-bond donors (Lipinski definition) is 4. The minimum atomic E-state index is -0.389. The van der Waals surface area contributed by atoms with Crippen molar-refractivity contribution in [3.63, 3.8) is 0 Å². The Labute approximate surface area is 209 Å². The van der Waals surface area contributed by atoms with Crippen molar-refractivity contribution in [3.8, 4) is 11.6 Å². The molecule has 5 aliphatic rings. The summed E-state index contributed by atoms with van der Waals surface area (Å²) in [6, 6.07) is 6.26. The largest absolute Gasteiger partial charge is 0.497 e. The Balaban J connectivity index is 1.05. The van der Waals surface area contributed by atoms with Gasteiger partial charge in [-0.2, -0.15) is 0 Å². The molecule has 1 spiro atoms. The number of methoxy groups -OCH3 is 2. The van der Waals surface area contributed by atoms with Gasteiger partial charge in [-0.25, -0.2) is 15.4 Å². The van der Waals surface area contributed by atoms with E-state index >= 15 is 0 Å². The second-order valence-corrected chi connectivity index (χ2v) is 10.8. The zero-order chi connectivity index (χ0) is 24.4. The van der Waals surface area contributed by atoms with Crippen LogP contribution in [0.25, 0.3) is 0 Å². The zero-order valence-electron chi connectivity index (χ0n) is 20.5. The number of hydrazine groups is 1. The minimum absolute atomic E-state index is 0.0278. The number of carbonyl (C=O) groups is 1. The van der Waals surface area contributed by atoms with Crippen molar-refractivity contribution in [2.45, 2.75) is 49.2 Å². The molecule has 2 saturated carbocycles. The van der Waals surface area contributed by atoms with Gasteiger partial charge in [-0.05, 0) is 61.3 Å². The molecule has 4 fully saturated rings. The molecule has 1 aromatic heterocycles. The Morgan fingerprint density at radius 1 is 1.17 bits per heavy atom. The molecular formula is C26H32N6O4. The molecule has 10 heteroatoms. The van der Waals surface area contributed by atoms with Crippen LogP contribution in [0.5, 0.6) is 11.6 Å². The van der Waals surface area contributed by atoms with Crippen LogP contribution < -0.4 is 31.0 Å². The highest BCUT2D eigenvalue weighted by Gasteiger charge is 2.67. The molecule has 3 aliphatic heterocycles.